The summed E-state index contributed by atoms with van der Waals surface area (Å²) in [5.74, 6) is -2.25. The Hall–Kier alpha value is -2.82. The van der Waals surface area contributed by atoms with Crippen molar-refractivity contribution in [1.82, 2.24) is 0 Å². The topological polar surface area (TPSA) is 101 Å². The molecule has 0 heterocycles. The van der Waals surface area contributed by atoms with Crippen LogP contribution in [0.3, 0.4) is 0 Å². The number of ketones is 1. The van der Waals surface area contributed by atoms with Crippen LogP contribution < -0.4 is 5.73 Å². The lowest BCUT2D eigenvalue weighted by atomic mass is 9.87. The smallest absolute Gasteiger partial charge is 0.336 e. The third kappa shape index (κ3) is 2.77. The Morgan fingerprint density at radius 2 is 1.57 bits per heavy atom. The van der Waals surface area contributed by atoms with E-state index in [-0.39, 0.29) is 16.8 Å². The number of benzene rings is 2. The average Bonchev–Trinajstić information content (AvgIpc) is 2.56. The number of carboxylic acid groups (broad SMARTS) is 1. The van der Waals surface area contributed by atoms with Gasteiger partial charge in [0.25, 0.3) is 0 Å². The molecule has 2 rings (SSSR count). The molecular weight excluding hydrogens is 294 g/mol. The van der Waals surface area contributed by atoms with Gasteiger partial charge in [0, 0.05) is 5.56 Å². The number of carbonyl (C=O) groups is 2. The molecule has 2 aromatic rings. The van der Waals surface area contributed by atoms with Gasteiger partial charge in [-0.2, -0.15) is 0 Å². The van der Waals surface area contributed by atoms with E-state index in [1.54, 1.807) is 37.3 Å². The number of aromatic carboxylic acids is 1. The molecule has 0 saturated carbocycles. The van der Waals surface area contributed by atoms with Gasteiger partial charge in [0.05, 0.1) is 16.8 Å². The fourth-order valence-electron chi connectivity index (χ4n) is 2.85. The zero-order valence-corrected chi connectivity index (χ0v) is 13.1. The van der Waals surface area contributed by atoms with E-state index in [0.717, 1.165) is 0 Å². The average molecular weight is 313 g/mol. The lowest BCUT2D eigenvalue weighted by Gasteiger charge is -2.18. The molecule has 5 nitrogen and oxygen atoms in total. The first-order valence-electron chi connectivity index (χ1n) is 7.43. The van der Waals surface area contributed by atoms with Gasteiger partial charge >= 0.3 is 5.97 Å². The number of carboxylic acids is 1. The molecule has 4 N–H and O–H groups in total. The van der Waals surface area contributed by atoms with Crippen LogP contribution in [0.5, 0.6) is 5.75 Å². The number of phenolic OH excluding ortho intramolecular Hbond substituents is 1. The SMILES string of the molecule is CCc1c(N)c(O)c(C(=O)c2ccccc2)c(C(=O)O)c1CC. The Morgan fingerprint density at radius 3 is 2.04 bits per heavy atom. The van der Waals surface area contributed by atoms with Crippen LogP contribution in [0.25, 0.3) is 0 Å². The van der Waals surface area contributed by atoms with Gasteiger partial charge in [-0.05, 0) is 24.0 Å². The molecule has 0 atom stereocenters. The fourth-order valence-corrected chi connectivity index (χ4v) is 2.85. The van der Waals surface area contributed by atoms with Gasteiger partial charge in [0.15, 0.2) is 11.5 Å². The van der Waals surface area contributed by atoms with E-state index in [1.807, 2.05) is 6.92 Å². The van der Waals surface area contributed by atoms with Crippen LogP contribution in [0.4, 0.5) is 5.69 Å². The minimum absolute atomic E-state index is 0.0774. The minimum atomic E-state index is -1.24. The van der Waals surface area contributed by atoms with E-state index < -0.39 is 17.5 Å². The Kier molecular flexibility index (Phi) is 4.69. The largest absolute Gasteiger partial charge is 0.505 e. The molecule has 0 fully saturated rings. The first-order chi connectivity index (χ1) is 10.9. The molecule has 0 spiro atoms. The molecule has 0 aliphatic rings. The molecule has 120 valence electrons. The van der Waals surface area contributed by atoms with Crippen molar-refractivity contribution in [2.24, 2.45) is 0 Å². The Bertz CT molecular complexity index is 767. The highest BCUT2D eigenvalue weighted by atomic mass is 16.4. The molecule has 0 aliphatic carbocycles. The van der Waals surface area contributed by atoms with Crippen LogP contribution in [-0.2, 0) is 12.8 Å². The highest BCUT2D eigenvalue weighted by Crippen LogP contribution is 2.37. The van der Waals surface area contributed by atoms with Crippen molar-refractivity contribution in [3.63, 3.8) is 0 Å². The molecule has 0 amide bonds. The van der Waals surface area contributed by atoms with Gasteiger partial charge in [-0.1, -0.05) is 44.2 Å². The van der Waals surface area contributed by atoms with Gasteiger partial charge in [-0.25, -0.2) is 4.79 Å². The number of aromatic hydroxyl groups is 1. The summed E-state index contributed by atoms with van der Waals surface area (Å²) < 4.78 is 0. The van der Waals surface area contributed by atoms with Crippen molar-refractivity contribution in [3.05, 3.63) is 58.1 Å². The van der Waals surface area contributed by atoms with Crippen LogP contribution in [0, 0.1) is 0 Å². The van der Waals surface area contributed by atoms with Gasteiger partial charge in [-0.3, -0.25) is 4.79 Å². The van der Waals surface area contributed by atoms with E-state index in [4.69, 9.17) is 5.73 Å². The summed E-state index contributed by atoms with van der Waals surface area (Å²) >= 11 is 0. The van der Waals surface area contributed by atoms with Crippen LogP contribution in [0.15, 0.2) is 30.3 Å². The van der Waals surface area contributed by atoms with Gasteiger partial charge < -0.3 is 15.9 Å². The summed E-state index contributed by atoms with van der Waals surface area (Å²) in [5, 5.41) is 20.0. The van der Waals surface area contributed by atoms with Crippen molar-refractivity contribution < 1.29 is 19.8 Å². The number of hydrogen-bond donors (Lipinski definition) is 3. The summed E-state index contributed by atoms with van der Waals surface area (Å²) in [5.41, 5.74) is 7.01. The molecule has 2 aromatic carbocycles. The minimum Gasteiger partial charge on any atom is -0.505 e. The van der Waals surface area contributed by atoms with Gasteiger partial charge in [0.2, 0.25) is 0 Å². The second-order valence-corrected chi connectivity index (χ2v) is 5.18. The Morgan fingerprint density at radius 1 is 1.00 bits per heavy atom. The number of anilines is 1. The maximum atomic E-state index is 12.7. The summed E-state index contributed by atoms with van der Waals surface area (Å²) in [4.78, 5) is 24.5. The second kappa shape index (κ2) is 6.52. The molecule has 0 aliphatic heterocycles. The van der Waals surface area contributed by atoms with Crippen molar-refractivity contribution in [1.29, 1.82) is 0 Å². The van der Waals surface area contributed by atoms with Crippen molar-refractivity contribution in [2.75, 3.05) is 5.73 Å². The van der Waals surface area contributed by atoms with Gasteiger partial charge in [-0.15, -0.1) is 0 Å². The van der Waals surface area contributed by atoms with Crippen molar-refractivity contribution in [2.45, 2.75) is 26.7 Å². The number of carbonyl (C=O) groups excluding carboxylic acids is 1. The zero-order chi connectivity index (χ0) is 17.1. The molecule has 0 aromatic heterocycles. The molecule has 5 heteroatoms. The molecule has 0 saturated heterocycles. The van der Waals surface area contributed by atoms with E-state index in [0.29, 0.717) is 29.5 Å². The lowest BCUT2D eigenvalue weighted by Crippen LogP contribution is -2.16. The van der Waals surface area contributed by atoms with Crippen molar-refractivity contribution in [3.8, 4) is 5.75 Å². The number of phenols is 1. The maximum absolute atomic E-state index is 12.7. The monoisotopic (exact) mass is 313 g/mol. The number of rotatable bonds is 5. The highest BCUT2D eigenvalue weighted by molar-refractivity contribution is 6.17. The predicted octanol–water partition coefficient (Wildman–Crippen LogP) is 3.03. The summed E-state index contributed by atoms with van der Waals surface area (Å²) in [6.45, 7) is 3.63. The summed E-state index contributed by atoms with van der Waals surface area (Å²) in [6, 6.07) is 8.25. The highest BCUT2D eigenvalue weighted by Gasteiger charge is 2.29. The van der Waals surface area contributed by atoms with Crippen LogP contribution in [0.1, 0.15) is 51.3 Å². The van der Waals surface area contributed by atoms with E-state index in [9.17, 15) is 19.8 Å². The number of nitrogen functional groups attached to an aromatic ring is 1. The second-order valence-electron chi connectivity index (χ2n) is 5.18. The third-order valence-corrected chi connectivity index (χ3v) is 3.92. The molecule has 0 radical (unpaired) electrons. The zero-order valence-electron chi connectivity index (χ0n) is 13.1. The van der Waals surface area contributed by atoms with E-state index in [1.165, 1.54) is 0 Å². The number of hydrogen-bond acceptors (Lipinski definition) is 4. The first-order valence-corrected chi connectivity index (χ1v) is 7.43. The molecular formula is C18H19NO4. The van der Waals surface area contributed by atoms with Crippen LogP contribution in [-0.4, -0.2) is 22.0 Å². The van der Waals surface area contributed by atoms with Crippen LogP contribution in [0.2, 0.25) is 0 Å². The molecule has 0 bridgehead atoms. The van der Waals surface area contributed by atoms with E-state index >= 15 is 0 Å². The van der Waals surface area contributed by atoms with Crippen molar-refractivity contribution >= 4 is 17.4 Å². The Balaban J connectivity index is 2.84. The predicted molar refractivity (Wildman–Crippen MR) is 88.1 cm³/mol. The first kappa shape index (κ1) is 16.5. The third-order valence-electron chi connectivity index (χ3n) is 3.92. The fraction of sp³-hybridized carbons (Fsp3) is 0.222. The summed E-state index contributed by atoms with van der Waals surface area (Å²) in [7, 11) is 0. The number of nitrogens with two attached hydrogens (primary N) is 1. The lowest BCUT2D eigenvalue weighted by molar-refractivity contribution is 0.0690. The molecule has 23 heavy (non-hydrogen) atoms. The standard InChI is InChI=1S/C18H19NO4/c1-3-11-12(4-2)15(19)17(21)14(13(11)18(22)23)16(20)10-8-6-5-7-9-10/h5-9,21H,3-4,19H2,1-2H3,(H,22,23). The quantitative estimate of drug-likeness (QED) is 0.447. The van der Waals surface area contributed by atoms with E-state index in [2.05, 4.69) is 0 Å². The maximum Gasteiger partial charge on any atom is 0.336 e. The normalized spacial score (nSPS) is 10.5. The molecule has 0 unspecified atom stereocenters. The Labute approximate surface area is 134 Å². The van der Waals surface area contributed by atoms with Gasteiger partial charge in [0.1, 0.15) is 0 Å². The van der Waals surface area contributed by atoms with Crippen LogP contribution >= 0.6 is 0 Å². The summed E-state index contributed by atoms with van der Waals surface area (Å²) in [6.07, 6.45) is 0.882.